The molecule has 0 unspecified atom stereocenters. The molecule has 0 aliphatic rings. The summed E-state index contributed by atoms with van der Waals surface area (Å²) >= 11 is 0. The van der Waals surface area contributed by atoms with E-state index in [1.165, 1.54) is 13.8 Å². The minimum absolute atomic E-state index is 0. The van der Waals surface area contributed by atoms with Crippen molar-refractivity contribution in [2.45, 2.75) is 36.1 Å². The molecule has 0 saturated carbocycles. The maximum Gasteiger partial charge on any atom is 0.214 e. The lowest BCUT2D eigenvalue weighted by Crippen LogP contribution is -2.01. The number of primary amides is 1. The summed E-state index contributed by atoms with van der Waals surface area (Å²) in [4.78, 5) is 9.22. The van der Waals surface area contributed by atoms with Crippen LogP contribution >= 0.6 is 0 Å². The van der Waals surface area contributed by atoms with Crippen molar-refractivity contribution in [2.24, 2.45) is 11.5 Å². The monoisotopic (exact) mass is 165 g/mol. The van der Waals surface area contributed by atoms with Gasteiger partial charge in [-0.2, -0.15) is 0 Å². The Labute approximate surface area is 70.5 Å². The van der Waals surface area contributed by atoms with E-state index in [1.807, 2.05) is 0 Å². The largest absolute Gasteiger partial charge is 0.388 e. The Kier molecular flexibility index (Phi) is 68.4. The first-order valence-electron chi connectivity index (χ1n) is 2.03. The molecule has 0 aromatic rings. The van der Waals surface area contributed by atoms with Gasteiger partial charge in [-0.15, -0.1) is 0 Å². The van der Waals surface area contributed by atoms with Crippen molar-refractivity contribution >= 4 is 11.7 Å². The van der Waals surface area contributed by atoms with Gasteiger partial charge in [-0.1, -0.05) is 22.3 Å². The van der Waals surface area contributed by atoms with E-state index in [-0.39, 0.29) is 34.0 Å². The predicted molar refractivity (Wildman–Crippen MR) is 52.6 cm³/mol. The number of rotatable bonds is 0. The fourth-order valence-electron chi connectivity index (χ4n) is 0. The first kappa shape index (κ1) is 32.6. The van der Waals surface area contributed by atoms with E-state index >= 15 is 0 Å². The molecule has 0 aromatic carbocycles. The van der Waals surface area contributed by atoms with E-state index in [9.17, 15) is 4.79 Å². The van der Waals surface area contributed by atoms with Crippen LogP contribution in [0.4, 0.5) is 0 Å². The Morgan fingerprint density at radius 2 is 1.09 bits per heavy atom. The summed E-state index contributed by atoms with van der Waals surface area (Å²) in [7, 11) is 0. The quantitative estimate of drug-likeness (QED) is 0.373. The second-order valence-corrected chi connectivity index (χ2v) is 1.29. The Morgan fingerprint density at radius 1 is 1.09 bits per heavy atom. The van der Waals surface area contributed by atoms with Crippen LogP contribution in [0.25, 0.3) is 0 Å². The summed E-state index contributed by atoms with van der Waals surface area (Å²) in [5, 5.41) is 6.28. The van der Waals surface area contributed by atoms with Crippen molar-refractivity contribution in [3.05, 3.63) is 0 Å². The number of amidine groups is 1. The van der Waals surface area contributed by atoms with Crippen LogP contribution in [0.1, 0.15) is 36.1 Å². The van der Waals surface area contributed by atoms with Gasteiger partial charge in [-0.3, -0.25) is 10.2 Å². The standard InChI is InChI=1S/C2H6N2.C2H5NO.3CH4/c2*1-2(3)4;;;/h1H3,(H3,3,4);1H3,(H2,3,4);3*1H4. The Morgan fingerprint density at radius 3 is 1.09 bits per heavy atom. The van der Waals surface area contributed by atoms with E-state index in [0.717, 1.165) is 0 Å². The molecule has 0 bridgehead atoms. The number of nitrogens with two attached hydrogens (primary N) is 2. The summed E-state index contributed by atoms with van der Waals surface area (Å²) in [5.74, 6) is -0.167. The molecule has 72 valence electrons. The smallest absolute Gasteiger partial charge is 0.214 e. The fourth-order valence-corrected chi connectivity index (χ4v) is 0. The third-order valence-electron chi connectivity index (χ3n) is 0. The molecule has 0 saturated heterocycles. The Balaban J connectivity index is -0.0000000171. The van der Waals surface area contributed by atoms with Gasteiger partial charge in [0.25, 0.3) is 0 Å². The minimum atomic E-state index is -0.333. The second kappa shape index (κ2) is 23.1. The topological polar surface area (TPSA) is 93.0 Å². The van der Waals surface area contributed by atoms with Crippen LogP contribution in [-0.4, -0.2) is 11.7 Å². The van der Waals surface area contributed by atoms with Crippen LogP contribution in [0, 0.1) is 5.41 Å². The highest BCUT2D eigenvalue weighted by atomic mass is 16.1. The van der Waals surface area contributed by atoms with E-state index in [0.29, 0.717) is 0 Å². The molecular formula is C7H23N3O. The van der Waals surface area contributed by atoms with Gasteiger partial charge < -0.3 is 11.5 Å². The van der Waals surface area contributed by atoms with Crippen molar-refractivity contribution in [1.82, 2.24) is 0 Å². The maximum atomic E-state index is 9.22. The lowest BCUT2D eigenvalue weighted by Gasteiger charge is -1.66. The van der Waals surface area contributed by atoms with E-state index in [2.05, 4.69) is 5.73 Å². The molecule has 0 rings (SSSR count). The fraction of sp³-hybridized carbons (Fsp3) is 0.714. The highest BCUT2D eigenvalue weighted by Gasteiger charge is 1.61. The zero-order chi connectivity index (χ0) is 7.15. The number of carbonyl (C=O) groups is 1. The number of hydrogen-bond donors (Lipinski definition) is 3. The van der Waals surface area contributed by atoms with Crippen LogP contribution in [0.3, 0.4) is 0 Å². The van der Waals surface area contributed by atoms with Gasteiger partial charge in [0.2, 0.25) is 5.91 Å². The first-order chi connectivity index (χ1) is 3.46. The SMILES string of the molecule is C.C.C.CC(=N)N.CC(N)=O. The van der Waals surface area contributed by atoms with Crippen LogP contribution in [0.5, 0.6) is 0 Å². The molecule has 0 heterocycles. The molecule has 1 amide bonds. The lowest BCUT2D eigenvalue weighted by molar-refractivity contribution is -0.115. The van der Waals surface area contributed by atoms with Gasteiger partial charge in [0, 0.05) is 6.92 Å². The minimum Gasteiger partial charge on any atom is -0.388 e. The van der Waals surface area contributed by atoms with Gasteiger partial charge in [0.05, 0.1) is 5.84 Å². The number of carbonyl (C=O) groups excluding carboxylic acids is 1. The van der Waals surface area contributed by atoms with Crippen LogP contribution in [-0.2, 0) is 4.79 Å². The van der Waals surface area contributed by atoms with Crippen molar-refractivity contribution in [3.8, 4) is 0 Å². The molecule has 0 radical (unpaired) electrons. The summed E-state index contributed by atoms with van der Waals surface area (Å²) in [6, 6.07) is 0. The van der Waals surface area contributed by atoms with Gasteiger partial charge in [0.1, 0.15) is 0 Å². The molecular weight excluding hydrogens is 142 g/mol. The Bertz CT molecular complexity index is 71.7. The number of amides is 1. The highest BCUT2D eigenvalue weighted by Crippen LogP contribution is 1.36. The van der Waals surface area contributed by atoms with Gasteiger partial charge in [-0.05, 0) is 6.92 Å². The van der Waals surface area contributed by atoms with E-state index in [1.54, 1.807) is 0 Å². The van der Waals surface area contributed by atoms with Crippen LogP contribution < -0.4 is 11.5 Å². The van der Waals surface area contributed by atoms with Crippen LogP contribution in [0.2, 0.25) is 0 Å². The van der Waals surface area contributed by atoms with Crippen molar-refractivity contribution in [2.75, 3.05) is 0 Å². The molecule has 11 heavy (non-hydrogen) atoms. The molecule has 4 nitrogen and oxygen atoms in total. The molecule has 0 aromatic heterocycles. The van der Waals surface area contributed by atoms with Gasteiger partial charge in [-0.25, -0.2) is 0 Å². The third-order valence-corrected chi connectivity index (χ3v) is 0. The summed E-state index contributed by atoms with van der Waals surface area (Å²) in [6.45, 7) is 2.83. The van der Waals surface area contributed by atoms with E-state index in [4.69, 9.17) is 11.1 Å². The average Bonchev–Trinajstić information content (AvgIpc) is 1.25. The molecule has 0 spiro atoms. The normalized spacial score (nSPS) is 4.55. The maximum absolute atomic E-state index is 9.22. The van der Waals surface area contributed by atoms with Gasteiger partial charge in [0.15, 0.2) is 0 Å². The molecule has 0 aliphatic heterocycles. The zero-order valence-corrected chi connectivity index (χ0v) is 5.06. The zero-order valence-electron chi connectivity index (χ0n) is 5.06. The number of nitrogens with one attached hydrogen (secondary N) is 1. The van der Waals surface area contributed by atoms with Crippen molar-refractivity contribution < 1.29 is 4.79 Å². The van der Waals surface area contributed by atoms with Crippen molar-refractivity contribution in [1.29, 1.82) is 5.41 Å². The second-order valence-electron chi connectivity index (χ2n) is 1.29. The molecule has 5 N–H and O–H groups in total. The summed E-state index contributed by atoms with van der Waals surface area (Å²) in [6.07, 6.45) is 0. The average molecular weight is 165 g/mol. The molecule has 0 fully saturated rings. The number of hydrogen-bond acceptors (Lipinski definition) is 2. The van der Waals surface area contributed by atoms with E-state index < -0.39 is 0 Å². The van der Waals surface area contributed by atoms with Crippen molar-refractivity contribution in [3.63, 3.8) is 0 Å². The lowest BCUT2D eigenvalue weighted by atomic mass is 10.8. The summed E-state index contributed by atoms with van der Waals surface area (Å²) in [5.41, 5.74) is 9.17. The first-order valence-corrected chi connectivity index (χ1v) is 2.03. The highest BCUT2D eigenvalue weighted by molar-refractivity contribution is 5.73. The van der Waals surface area contributed by atoms with Crippen LogP contribution in [0.15, 0.2) is 0 Å². The Hall–Kier alpha value is -1.06. The van der Waals surface area contributed by atoms with Gasteiger partial charge >= 0.3 is 0 Å². The molecule has 0 atom stereocenters. The molecule has 0 aliphatic carbocycles. The summed E-state index contributed by atoms with van der Waals surface area (Å²) < 4.78 is 0. The third kappa shape index (κ3) is 383. The molecule has 4 heteroatoms. The predicted octanol–water partition coefficient (Wildman–Crippen LogP) is 1.34.